The molecule has 0 unspecified atom stereocenters. The van der Waals surface area contributed by atoms with Gasteiger partial charge in [0.25, 0.3) is 0 Å². The molecule has 0 saturated carbocycles. The second-order valence-corrected chi connectivity index (χ2v) is 2.86. The fourth-order valence-electron chi connectivity index (χ4n) is 1.12. The van der Waals surface area contributed by atoms with Gasteiger partial charge in [-0.25, -0.2) is 0 Å². The maximum atomic E-state index is 12.4. The summed E-state index contributed by atoms with van der Waals surface area (Å²) in [7, 11) is 1.65. The number of halogens is 3. The summed E-state index contributed by atoms with van der Waals surface area (Å²) in [4.78, 5) is 0. The van der Waals surface area contributed by atoms with Gasteiger partial charge in [0, 0.05) is 0 Å². The van der Waals surface area contributed by atoms with Crippen molar-refractivity contribution in [1.29, 1.82) is 0 Å². The molecule has 1 rings (SSSR count). The molecule has 0 N–H and O–H groups in total. The van der Waals surface area contributed by atoms with Gasteiger partial charge in [-0.15, -0.1) is 0 Å². The first-order chi connectivity index (χ1) is 5.95. The Labute approximate surface area is 76.0 Å². The Balaban J connectivity index is 3.19. The van der Waals surface area contributed by atoms with Crippen LogP contribution in [0.15, 0.2) is 18.2 Å². The van der Waals surface area contributed by atoms with Crippen molar-refractivity contribution in [3.63, 3.8) is 0 Å². The minimum atomic E-state index is -4.25. The zero-order valence-electron chi connectivity index (χ0n) is 7.44. The molecule has 0 aliphatic heterocycles. The monoisotopic (exact) mass is 185 g/mol. The minimum absolute atomic E-state index is 0.262. The quantitative estimate of drug-likeness (QED) is 0.589. The third-order valence-electron chi connectivity index (χ3n) is 1.90. The molecule has 1 radical (unpaired) electrons. The van der Waals surface area contributed by atoms with Gasteiger partial charge >= 0.3 is 6.18 Å². The lowest BCUT2D eigenvalue weighted by Crippen LogP contribution is -2.16. The summed E-state index contributed by atoms with van der Waals surface area (Å²) < 4.78 is 37.1. The largest absolute Gasteiger partial charge is 0.416 e. The number of hydrogen-bond donors (Lipinski definition) is 0. The van der Waals surface area contributed by atoms with E-state index in [-0.39, 0.29) is 5.56 Å². The van der Waals surface area contributed by atoms with Crippen molar-refractivity contribution < 1.29 is 13.2 Å². The van der Waals surface area contributed by atoms with Gasteiger partial charge in [-0.2, -0.15) is 13.2 Å². The Bertz CT molecular complexity index is 304. The molecule has 0 spiro atoms. The molecule has 1 aromatic rings. The van der Waals surface area contributed by atoms with Gasteiger partial charge in [0.2, 0.25) is 0 Å². The van der Waals surface area contributed by atoms with Crippen LogP contribution in [-0.4, -0.2) is 7.28 Å². The van der Waals surface area contributed by atoms with Crippen molar-refractivity contribution >= 4 is 12.7 Å². The maximum Gasteiger partial charge on any atom is 0.416 e. The van der Waals surface area contributed by atoms with E-state index < -0.39 is 11.7 Å². The first-order valence-corrected chi connectivity index (χ1v) is 3.92. The van der Waals surface area contributed by atoms with Crippen molar-refractivity contribution in [2.75, 3.05) is 0 Å². The third kappa shape index (κ3) is 2.26. The fourth-order valence-corrected chi connectivity index (χ4v) is 1.12. The number of alkyl halides is 3. The summed E-state index contributed by atoms with van der Waals surface area (Å²) in [6.07, 6.45) is -4.25. The summed E-state index contributed by atoms with van der Waals surface area (Å²) in [5.74, 6) is 0. The van der Waals surface area contributed by atoms with Crippen molar-refractivity contribution in [2.24, 2.45) is 0 Å². The van der Waals surface area contributed by atoms with Gasteiger partial charge in [-0.05, 0) is 12.5 Å². The number of hydrogen-bond acceptors (Lipinski definition) is 0. The van der Waals surface area contributed by atoms with Gasteiger partial charge in [0.15, 0.2) is 0 Å². The first-order valence-electron chi connectivity index (χ1n) is 3.92. The molecule has 0 fully saturated rings. The van der Waals surface area contributed by atoms with Crippen LogP contribution >= 0.6 is 0 Å². The van der Waals surface area contributed by atoms with Gasteiger partial charge < -0.3 is 0 Å². The summed E-state index contributed by atoms with van der Waals surface area (Å²) in [6, 6.07) is 4.32. The molecule has 0 heterocycles. The summed E-state index contributed by atoms with van der Waals surface area (Å²) in [5, 5.41) is 0. The van der Waals surface area contributed by atoms with Gasteiger partial charge in [0.05, 0.1) is 5.56 Å². The lowest BCUT2D eigenvalue weighted by Gasteiger charge is -2.11. The van der Waals surface area contributed by atoms with Gasteiger partial charge in [0.1, 0.15) is 7.28 Å². The number of benzene rings is 1. The Morgan fingerprint density at radius 1 is 1.23 bits per heavy atom. The van der Waals surface area contributed by atoms with Crippen molar-refractivity contribution in [3.8, 4) is 0 Å². The highest BCUT2D eigenvalue weighted by atomic mass is 19.4. The Morgan fingerprint density at radius 2 is 1.85 bits per heavy atom. The van der Waals surface area contributed by atoms with Crippen LogP contribution in [0.3, 0.4) is 0 Å². The smallest absolute Gasteiger partial charge is 0.166 e. The molecule has 0 aromatic heterocycles. The van der Waals surface area contributed by atoms with Crippen LogP contribution in [0.2, 0.25) is 6.82 Å². The van der Waals surface area contributed by atoms with E-state index in [2.05, 4.69) is 0 Å². The molecule has 0 aliphatic rings. The Kier molecular flexibility index (Phi) is 2.69. The molecule has 0 atom stereocenters. The van der Waals surface area contributed by atoms with E-state index in [1.807, 2.05) is 0 Å². The molecule has 69 valence electrons. The SMILES string of the molecule is C[B]c1ccc(C)c(C(F)(F)F)c1. The average molecular weight is 185 g/mol. The number of aryl methyl sites for hydroxylation is 1. The summed E-state index contributed by atoms with van der Waals surface area (Å²) >= 11 is 0. The normalized spacial score (nSPS) is 11.5. The summed E-state index contributed by atoms with van der Waals surface area (Å²) in [6.45, 7) is 3.17. The second-order valence-electron chi connectivity index (χ2n) is 2.86. The second kappa shape index (κ2) is 3.44. The molecular weight excluding hydrogens is 176 g/mol. The highest BCUT2D eigenvalue weighted by Crippen LogP contribution is 2.30. The van der Waals surface area contributed by atoms with Crippen LogP contribution < -0.4 is 5.46 Å². The minimum Gasteiger partial charge on any atom is -0.166 e. The van der Waals surface area contributed by atoms with Crippen LogP contribution in [0.4, 0.5) is 13.2 Å². The van der Waals surface area contributed by atoms with Crippen molar-refractivity contribution in [1.82, 2.24) is 0 Å². The van der Waals surface area contributed by atoms with Crippen LogP contribution in [0.5, 0.6) is 0 Å². The van der Waals surface area contributed by atoms with Gasteiger partial charge in [-0.3, -0.25) is 0 Å². The van der Waals surface area contributed by atoms with Crippen molar-refractivity contribution in [2.45, 2.75) is 19.9 Å². The molecule has 0 nitrogen and oxygen atoms in total. The highest BCUT2D eigenvalue weighted by molar-refractivity contribution is 6.51. The average Bonchev–Trinajstić information content (AvgIpc) is 2.03. The molecule has 13 heavy (non-hydrogen) atoms. The van der Waals surface area contributed by atoms with E-state index in [1.165, 1.54) is 13.0 Å². The Hall–Kier alpha value is -0.925. The molecule has 4 heteroatoms. The van der Waals surface area contributed by atoms with Crippen molar-refractivity contribution in [3.05, 3.63) is 29.3 Å². The maximum absolute atomic E-state index is 12.4. The predicted molar refractivity (Wildman–Crippen MR) is 47.4 cm³/mol. The van der Waals surface area contributed by atoms with Crippen LogP contribution in [0.25, 0.3) is 0 Å². The lowest BCUT2D eigenvalue weighted by atomic mass is 9.72. The zero-order valence-corrected chi connectivity index (χ0v) is 7.44. The topological polar surface area (TPSA) is 0 Å². The Morgan fingerprint density at radius 3 is 2.31 bits per heavy atom. The lowest BCUT2D eigenvalue weighted by molar-refractivity contribution is -0.138. The fraction of sp³-hybridized carbons (Fsp3) is 0.333. The summed E-state index contributed by atoms with van der Waals surface area (Å²) in [5.41, 5.74) is 0.305. The molecule has 0 saturated heterocycles. The molecule has 1 aromatic carbocycles. The molecule has 0 aliphatic carbocycles. The number of rotatable bonds is 1. The molecular formula is C9H9BF3. The molecule has 0 bridgehead atoms. The van der Waals surface area contributed by atoms with Crippen LogP contribution in [0, 0.1) is 6.92 Å². The predicted octanol–water partition coefficient (Wildman–Crippen LogP) is 2.39. The van der Waals surface area contributed by atoms with E-state index in [0.29, 0.717) is 5.46 Å². The van der Waals surface area contributed by atoms with Crippen LogP contribution in [-0.2, 0) is 6.18 Å². The first kappa shape index (κ1) is 10.2. The van der Waals surface area contributed by atoms with Gasteiger partial charge in [-0.1, -0.05) is 30.5 Å². The van der Waals surface area contributed by atoms with E-state index >= 15 is 0 Å². The van der Waals surface area contributed by atoms with E-state index in [1.54, 1.807) is 20.2 Å². The third-order valence-corrected chi connectivity index (χ3v) is 1.90. The standard InChI is InChI=1S/C9H9BF3/c1-6-3-4-7(10-2)5-8(6)9(11,12)13/h3-5H,1-2H3. The van der Waals surface area contributed by atoms with Crippen LogP contribution in [0.1, 0.15) is 11.1 Å². The van der Waals surface area contributed by atoms with E-state index in [0.717, 1.165) is 6.07 Å². The van der Waals surface area contributed by atoms with E-state index in [4.69, 9.17) is 0 Å². The highest BCUT2D eigenvalue weighted by Gasteiger charge is 2.32. The van der Waals surface area contributed by atoms with E-state index in [9.17, 15) is 13.2 Å². The molecule has 0 amide bonds. The zero-order chi connectivity index (χ0) is 10.1.